The summed E-state index contributed by atoms with van der Waals surface area (Å²) in [7, 11) is 0. The van der Waals surface area contributed by atoms with Crippen molar-refractivity contribution in [3.8, 4) is 5.69 Å². The van der Waals surface area contributed by atoms with Crippen molar-refractivity contribution in [1.29, 1.82) is 0 Å². The van der Waals surface area contributed by atoms with Gasteiger partial charge in [0, 0.05) is 47.5 Å². The van der Waals surface area contributed by atoms with Crippen LogP contribution >= 0.6 is 0 Å². The first-order valence-corrected chi connectivity index (χ1v) is 11.2. The minimum absolute atomic E-state index is 0.0426. The molecular weight excluding hydrogens is 446 g/mol. The average Bonchev–Trinajstić information content (AvgIpc) is 3.39. The summed E-state index contributed by atoms with van der Waals surface area (Å²) >= 11 is 0. The number of H-pyrrole nitrogens is 1. The summed E-state index contributed by atoms with van der Waals surface area (Å²) in [5.41, 5.74) is 2.30. The second-order valence-corrected chi connectivity index (χ2v) is 9.23. The van der Waals surface area contributed by atoms with Crippen LogP contribution in [0.4, 0.5) is 8.78 Å². The molecule has 0 unspecified atom stereocenters. The lowest BCUT2D eigenvalue weighted by Gasteiger charge is -2.41. The van der Waals surface area contributed by atoms with Crippen LogP contribution in [0.3, 0.4) is 0 Å². The standard InChI is InChI=1S/C24H22F2N4O4/c25-16-2-1-15(8-17(16)26)30-18-7-13-11-27-29-22(13)28-20(18)19(14-9-24(33,10-14)23(31)32)21(30)12-3-5-34-6-4-12/h1-2,7-8,11-12,14,33H,3-6,9-10H2,(H,31,32)(H,27,28,29)/t14-,24+. The average molecular weight is 468 g/mol. The van der Waals surface area contributed by atoms with Crippen molar-refractivity contribution in [2.45, 2.75) is 43.1 Å². The summed E-state index contributed by atoms with van der Waals surface area (Å²) in [4.78, 5) is 16.4. The van der Waals surface area contributed by atoms with Gasteiger partial charge < -0.3 is 19.5 Å². The Bertz CT molecular complexity index is 1430. The summed E-state index contributed by atoms with van der Waals surface area (Å²) in [6.45, 7) is 1.12. The van der Waals surface area contributed by atoms with Crippen LogP contribution in [0, 0.1) is 11.6 Å². The van der Waals surface area contributed by atoms with E-state index in [0.29, 0.717) is 35.6 Å². The number of benzene rings is 1. The largest absolute Gasteiger partial charge is 0.479 e. The van der Waals surface area contributed by atoms with Gasteiger partial charge in [-0.25, -0.2) is 18.6 Å². The van der Waals surface area contributed by atoms with Crippen molar-refractivity contribution in [3.05, 3.63) is 53.4 Å². The van der Waals surface area contributed by atoms with Gasteiger partial charge >= 0.3 is 5.97 Å². The minimum atomic E-state index is -1.79. The number of aliphatic hydroxyl groups is 1. The molecule has 0 bridgehead atoms. The highest BCUT2D eigenvalue weighted by Gasteiger charge is 2.51. The van der Waals surface area contributed by atoms with E-state index in [0.717, 1.165) is 41.6 Å². The number of rotatable bonds is 4. The highest BCUT2D eigenvalue weighted by molar-refractivity contribution is 5.94. The molecule has 4 aromatic rings. The summed E-state index contributed by atoms with van der Waals surface area (Å²) in [6.07, 6.45) is 3.20. The molecule has 6 rings (SSSR count). The quantitative estimate of drug-likeness (QED) is 0.420. The molecule has 0 radical (unpaired) electrons. The van der Waals surface area contributed by atoms with E-state index < -0.39 is 23.2 Å². The Morgan fingerprint density at radius 1 is 1.15 bits per heavy atom. The second-order valence-electron chi connectivity index (χ2n) is 9.23. The van der Waals surface area contributed by atoms with Gasteiger partial charge in [-0.3, -0.25) is 5.10 Å². The van der Waals surface area contributed by atoms with Crippen LogP contribution in [0.1, 0.15) is 48.8 Å². The molecule has 0 spiro atoms. The normalized spacial score (nSPS) is 23.4. The molecule has 1 aromatic carbocycles. The number of fused-ring (bicyclic) bond motifs is 2. The van der Waals surface area contributed by atoms with Crippen LogP contribution in [0.5, 0.6) is 0 Å². The summed E-state index contributed by atoms with van der Waals surface area (Å²) in [5, 5.41) is 27.6. The number of carbonyl (C=O) groups is 1. The Labute approximate surface area is 192 Å². The van der Waals surface area contributed by atoms with E-state index in [1.807, 2.05) is 10.6 Å². The van der Waals surface area contributed by atoms with Crippen molar-refractivity contribution in [2.24, 2.45) is 0 Å². The van der Waals surface area contributed by atoms with Crippen LogP contribution in [-0.2, 0) is 9.53 Å². The number of pyridine rings is 1. The van der Waals surface area contributed by atoms with E-state index in [-0.39, 0.29) is 24.7 Å². The smallest absolute Gasteiger partial charge is 0.335 e. The SMILES string of the molecule is O=C(O)[C@]1(O)C[C@@H](c2c(C3CCOCC3)n(-c3ccc(F)c(F)c3)c3cc4cn[nH]c4nc32)C1. The van der Waals surface area contributed by atoms with E-state index in [1.165, 1.54) is 6.07 Å². The molecule has 1 aliphatic carbocycles. The van der Waals surface area contributed by atoms with Gasteiger partial charge in [-0.2, -0.15) is 5.10 Å². The molecule has 2 aliphatic rings. The number of carboxylic acids is 1. The highest BCUT2D eigenvalue weighted by atomic mass is 19.2. The van der Waals surface area contributed by atoms with Crippen molar-refractivity contribution in [2.75, 3.05) is 13.2 Å². The maximum atomic E-state index is 14.3. The maximum Gasteiger partial charge on any atom is 0.335 e. The predicted octanol–water partition coefficient (Wildman–Crippen LogP) is 3.77. The Morgan fingerprint density at radius 3 is 2.62 bits per heavy atom. The first kappa shape index (κ1) is 21.2. The Morgan fingerprint density at radius 2 is 1.91 bits per heavy atom. The van der Waals surface area contributed by atoms with Gasteiger partial charge in [-0.05, 0) is 49.8 Å². The number of hydrogen-bond donors (Lipinski definition) is 3. The maximum absolute atomic E-state index is 14.3. The zero-order chi connectivity index (χ0) is 23.6. The molecule has 1 saturated heterocycles. The number of halogens is 2. The Kier molecular flexibility index (Phi) is 4.72. The number of aromatic nitrogens is 4. The molecule has 2 fully saturated rings. The van der Waals surface area contributed by atoms with E-state index in [4.69, 9.17) is 9.72 Å². The zero-order valence-corrected chi connectivity index (χ0v) is 18.1. The first-order chi connectivity index (χ1) is 16.4. The fourth-order valence-corrected chi connectivity index (χ4v) is 5.42. The molecule has 1 aliphatic heterocycles. The van der Waals surface area contributed by atoms with E-state index in [1.54, 1.807) is 6.20 Å². The number of aromatic amines is 1. The lowest BCUT2D eigenvalue weighted by Crippen LogP contribution is -2.49. The van der Waals surface area contributed by atoms with Crippen LogP contribution in [0.15, 0.2) is 30.5 Å². The molecule has 0 amide bonds. The topological polar surface area (TPSA) is 113 Å². The number of aliphatic carboxylic acids is 1. The molecule has 34 heavy (non-hydrogen) atoms. The van der Waals surface area contributed by atoms with Gasteiger partial charge in [0.1, 0.15) is 0 Å². The van der Waals surface area contributed by atoms with Crippen molar-refractivity contribution in [1.82, 2.24) is 19.7 Å². The van der Waals surface area contributed by atoms with Gasteiger partial charge in [-0.1, -0.05) is 0 Å². The summed E-state index contributed by atoms with van der Waals surface area (Å²) < 4.78 is 35.6. The van der Waals surface area contributed by atoms with Crippen LogP contribution in [0.25, 0.3) is 27.8 Å². The molecule has 10 heteroatoms. The molecular formula is C24H22F2N4O4. The number of hydrogen-bond acceptors (Lipinski definition) is 5. The second kappa shape index (κ2) is 7.57. The lowest BCUT2D eigenvalue weighted by atomic mass is 9.67. The monoisotopic (exact) mass is 468 g/mol. The summed E-state index contributed by atoms with van der Waals surface area (Å²) in [5.74, 6) is -3.35. The molecule has 1 saturated carbocycles. The van der Waals surface area contributed by atoms with E-state index in [9.17, 15) is 23.8 Å². The van der Waals surface area contributed by atoms with Gasteiger partial charge in [0.05, 0.1) is 17.2 Å². The molecule has 3 aromatic heterocycles. The third kappa shape index (κ3) is 3.13. The Hall–Kier alpha value is -3.37. The molecule has 0 atom stereocenters. The van der Waals surface area contributed by atoms with Gasteiger partial charge in [0.15, 0.2) is 22.9 Å². The van der Waals surface area contributed by atoms with E-state index >= 15 is 0 Å². The lowest BCUT2D eigenvalue weighted by molar-refractivity contribution is -0.169. The third-order valence-corrected chi connectivity index (χ3v) is 7.16. The first-order valence-electron chi connectivity index (χ1n) is 11.2. The zero-order valence-electron chi connectivity index (χ0n) is 18.1. The summed E-state index contributed by atoms with van der Waals surface area (Å²) in [6, 6.07) is 5.69. The van der Waals surface area contributed by atoms with Gasteiger partial charge in [0.25, 0.3) is 0 Å². The Balaban J connectivity index is 1.65. The third-order valence-electron chi connectivity index (χ3n) is 7.16. The van der Waals surface area contributed by atoms with E-state index in [2.05, 4.69) is 10.2 Å². The fraction of sp³-hybridized carbons (Fsp3) is 0.375. The van der Waals surface area contributed by atoms with Crippen LogP contribution in [0.2, 0.25) is 0 Å². The highest BCUT2D eigenvalue weighted by Crippen LogP contribution is 2.51. The van der Waals surface area contributed by atoms with Gasteiger partial charge in [-0.15, -0.1) is 0 Å². The fourth-order valence-electron chi connectivity index (χ4n) is 5.42. The number of ether oxygens (including phenoxy) is 1. The molecule has 4 heterocycles. The minimum Gasteiger partial charge on any atom is -0.479 e. The van der Waals surface area contributed by atoms with Crippen molar-refractivity contribution < 1.29 is 28.5 Å². The van der Waals surface area contributed by atoms with Crippen molar-refractivity contribution in [3.63, 3.8) is 0 Å². The van der Waals surface area contributed by atoms with Crippen molar-refractivity contribution >= 4 is 28.0 Å². The predicted molar refractivity (Wildman–Crippen MR) is 118 cm³/mol. The van der Waals surface area contributed by atoms with Crippen LogP contribution in [-0.4, -0.2) is 54.7 Å². The van der Waals surface area contributed by atoms with Gasteiger partial charge in [0.2, 0.25) is 0 Å². The number of nitrogens with zero attached hydrogens (tertiary/aromatic N) is 3. The van der Waals surface area contributed by atoms with Crippen LogP contribution < -0.4 is 0 Å². The number of carboxylic acid groups (broad SMARTS) is 1. The number of nitrogens with one attached hydrogen (secondary N) is 1. The molecule has 3 N–H and O–H groups in total. The molecule has 8 nitrogen and oxygen atoms in total. The molecule has 176 valence electrons.